The van der Waals surface area contributed by atoms with E-state index in [1.807, 2.05) is 6.92 Å². The van der Waals surface area contributed by atoms with Crippen molar-refractivity contribution in [3.05, 3.63) is 15.6 Å². The van der Waals surface area contributed by atoms with E-state index in [2.05, 4.69) is 9.88 Å². The van der Waals surface area contributed by atoms with Gasteiger partial charge in [-0.05, 0) is 32.4 Å². The standard InChI is InChI=1S/C14H20N2O4S/c1-2-10-12(14(19)20)21-11(15-10)5-8-16-6-3-9(4-7-16)13(17)18/h9H,2-8H2,1H3,(H,17,18)(H,19,20). The summed E-state index contributed by atoms with van der Waals surface area (Å²) in [7, 11) is 0. The number of nitrogens with zero attached hydrogens (tertiary/aromatic N) is 2. The number of aryl methyl sites for hydroxylation is 1. The molecule has 0 atom stereocenters. The highest BCUT2D eigenvalue weighted by atomic mass is 32.1. The van der Waals surface area contributed by atoms with Crippen molar-refractivity contribution in [1.82, 2.24) is 9.88 Å². The molecule has 2 heterocycles. The van der Waals surface area contributed by atoms with Crippen LogP contribution in [0.1, 0.15) is 40.1 Å². The smallest absolute Gasteiger partial charge is 0.347 e. The number of rotatable bonds is 6. The second-order valence-corrected chi connectivity index (χ2v) is 6.33. The highest BCUT2D eigenvalue weighted by Gasteiger charge is 2.24. The van der Waals surface area contributed by atoms with Crippen LogP contribution in [0.25, 0.3) is 0 Å². The summed E-state index contributed by atoms with van der Waals surface area (Å²) < 4.78 is 0. The Kier molecular flexibility index (Phi) is 5.30. The summed E-state index contributed by atoms with van der Waals surface area (Å²) in [4.78, 5) is 29.0. The van der Waals surface area contributed by atoms with Crippen molar-refractivity contribution in [1.29, 1.82) is 0 Å². The minimum Gasteiger partial charge on any atom is -0.481 e. The molecule has 0 unspecified atom stereocenters. The van der Waals surface area contributed by atoms with Crippen molar-refractivity contribution in [2.24, 2.45) is 5.92 Å². The molecule has 0 radical (unpaired) electrons. The van der Waals surface area contributed by atoms with Crippen molar-refractivity contribution in [3.8, 4) is 0 Å². The van der Waals surface area contributed by atoms with E-state index < -0.39 is 11.9 Å². The number of carboxylic acids is 2. The summed E-state index contributed by atoms with van der Waals surface area (Å²) in [6, 6.07) is 0. The van der Waals surface area contributed by atoms with Gasteiger partial charge in [-0.2, -0.15) is 0 Å². The zero-order valence-corrected chi connectivity index (χ0v) is 12.9. The van der Waals surface area contributed by atoms with Crippen LogP contribution in [0, 0.1) is 5.92 Å². The Morgan fingerprint density at radius 2 is 2.00 bits per heavy atom. The zero-order chi connectivity index (χ0) is 15.4. The van der Waals surface area contributed by atoms with Crippen molar-refractivity contribution in [2.75, 3.05) is 19.6 Å². The summed E-state index contributed by atoms with van der Waals surface area (Å²) in [6.45, 7) is 4.29. The Hall–Kier alpha value is -1.47. The number of likely N-dealkylation sites (tertiary alicyclic amines) is 1. The molecule has 2 N–H and O–H groups in total. The lowest BCUT2D eigenvalue weighted by molar-refractivity contribution is -0.143. The predicted molar refractivity (Wildman–Crippen MR) is 79.0 cm³/mol. The minimum absolute atomic E-state index is 0.216. The van der Waals surface area contributed by atoms with Crippen LogP contribution in [-0.4, -0.2) is 51.7 Å². The molecule has 7 heteroatoms. The van der Waals surface area contributed by atoms with Gasteiger partial charge in [-0.15, -0.1) is 11.3 Å². The predicted octanol–water partition coefficient (Wildman–Crippen LogP) is 1.74. The Bertz CT molecular complexity index is 521. The van der Waals surface area contributed by atoms with Gasteiger partial charge in [0.1, 0.15) is 4.88 Å². The number of hydrogen-bond donors (Lipinski definition) is 2. The molecule has 21 heavy (non-hydrogen) atoms. The lowest BCUT2D eigenvalue weighted by atomic mass is 9.97. The number of thiazole rings is 1. The van der Waals surface area contributed by atoms with Gasteiger partial charge in [-0.3, -0.25) is 4.79 Å². The Morgan fingerprint density at radius 3 is 2.48 bits per heavy atom. The van der Waals surface area contributed by atoms with Gasteiger partial charge < -0.3 is 15.1 Å². The average molecular weight is 312 g/mol. The summed E-state index contributed by atoms with van der Waals surface area (Å²) in [5.74, 6) is -1.82. The van der Waals surface area contributed by atoms with E-state index in [1.54, 1.807) is 0 Å². The van der Waals surface area contributed by atoms with E-state index in [0.29, 0.717) is 29.8 Å². The largest absolute Gasteiger partial charge is 0.481 e. The van der Waals surface area contributed by atoms with Gasteiger partial charge in [0.25, 0.3) is 0 Å². The Labute approximate surface area is 127 Å². The summed E-state index contributed by atoms with van der Waals surface area (Å²) >= 11 is 1.25. The fraction of sp³-hybridized carbons (Fsp3) is 0.643. The van der Waals surface area contributed by atoms with Crippen LogP contribution in [0.3, 0.4) is 0 Å². The third kappa shape index (κ3) is 4.01. The van der Waals surface area contributed by atoms with Gasteiger partial charge in [-0.25, -0.2) is 9.78 Å². The van der Waals surface area contributed by atoms with Crippen LogP contribution >= 0.6 is 11.3 Å². The molecule has 0 saturated carbocycles. The molecule has 0 aromatic carbocycles. The number of aromatic carboxylic acids is 1. The van der Waals surface area contributed by atoms with Crippen LogP contribution in [-0.2, 0) is 17.6 Å². The van der Waals surface area contributed by atoms with Gasteiger partial charge >= 0.3 is 11.9 Å². The molecule has 0 aliphatic carbocycles. The molecule has 0 spiro atoms. The monoisotopic (exact) mass is 312 g/mol. The second kappa shape index (κ2) is 7.00. The van der Waals surface area contributed by atoms with Gasteiger partial charge in [0.05, 0.1) is 16.6 Å². The number of aliphatic carboxylic acids is 1. The first-order valence-corrected chi connectivity index (χ1v) is 8.00. The van der Waals surface area contributed by atoms with E-state index in [4.69, 9.17) is 10.2 Å². The molecule has 2 rings (SSSR count). The van der Waals surface area contributed by atoms with E-state index in [0.717, 1.165) is 31.1 Å². The van der Waals surface area contributed by atoms with Crippen molar-refractivity contribution < 1.29 is 19.8 Å². The van der Waals surface area contributed by atoms with Crippen LogP contribution < -0.4 is 0 Å². The fourth-order valence-electron chi connectivity index (χ4n) is 2.57. The topological polar surface area (TPSA) is 90.7 Å². The third-order valence-electron chi connectivity index (χ3n) is 3.85. The summed E-state index contributed by atoms with van der Waals surface area (Å²) in [5, 5.41) is 18.9. The first-order valence-electron chi connectivity index (χ1n) is 7.18. The van der Waals surface area contributed by atoms with Crippen LogP contribution in [0.5, 0.6) is 0 Å². The maximum Gasteiger partial charge on any atom is 0.347 e. The molecule has 1 aliphatic heterocycles. The first kappa shape index (κ1) is 15.9. The zero-order valence-electron chi connectivity index (χ0n) is 12.0. The van der Waals surface area contributed by atoms with E-state index in [9.17, 15) is 9.59 Å². The Morgan fingerprint density at radius 1 is 1.33 bits per heavy atom. The molecule has 116 valence electrons. The SMILES string of the molecule is CCc1nc(CCN2CCC(C(=O)O)CC2)sc1C(=O)O. The molecule has 1 aliphatic rings. The molecule has 1 aromatic rings. The molecule has 0 bridgehead atoms. The number of carboxylic acid groups (broad SMARTS) is 2. The van der Waals surface area contributed by atoms with Gasteiger partial charge in [0, 0.05) is 13.0 Å². The highest BCUT2D eigenvalue weighted by Crippen LogP contribution is 2.21. The first-order chi connectivity index (χ1) is 10.0. The lowest BCUT2D eigenvalue weighted by Crippen LogP contribution is -2.37. The van der Waals surface area contributed by atoms with E-state index in [-0.39, 0.29) is 5.92 Å². The number of hydrogen-bond acceptors (Lipinski definition) is 5. The lowest BCUT2D eigenvalue weighted by Gasteiger charge is -2.29. The van der Waals surface area contributed by atoms with Crippen LogP contribution in [0.2, 0.25) is 0 Å². The molecule has 1 aromatic heterocycles. The minimum atomic E-state index is -0.905. The Balaban J connectivity index is 1.87. The second-order valence-electron chi connectivity index (χ2n) is 5.25. The average Bonchev–Trinajstić information content (AvgIpc) is 2.89. The summed E-state index contributed by atoms with van der Waals surface area (Å²) in [5.41, 5.74) is 0.659. The number of carbonyl (C=O) groups is 2. The number of piperidine rings is 1. The van der Waals surface area contributed by atoms with Gasteiger partial charge in [-0.1, -0.05) is 6.92 Å². The maximum absolute atomic E-state index is 11.1. The van der Waals surface area contributed by atoms with Gasteiger partial charge in [0.15, 0.2) is 0 Å². The molecule has 0 amide bonds. The molecule has 1 fully saturated rings. The molecule has 1 saturated heterocycles. The quantitative estimate of drug-likeness (QED) is 0.831. The van der Waals surface area contributed by atoms with Crippen molar-refractivity contribution >= 4 is 23.3 Å². The highest BCUT2D eigenvalue weighted by molar-refractivity contribution is 7.13. The van der Waals surface area contributed by atoms with Crippen molar-refractivity contribution in [2.45, 2.75) is 32.6 Å². The molecule has 6 nitrogen and oxygen atoms in total. The fourth-order valence-corrected chi connectivity index (χ4v) is 3.55. The molecular formula is C14H20N2O4S. The van der Waals surface area contributed by atoms with Crippen LogP contribution in [0.4, 0.5) is 0 Å². The van der Waals surface area contributed by atoms with Gasteiger partial charge in [0.2, 0.25) is 0 Å². The van der Waals surface area contributed by atoms with Crippen LogP contribution in [0.15, 0.2) is 0 Å². The van der Waals surface area contributed by atoms with E-state index >= 15 is 0 Å². The van der Waals surface area contributed by atoms with E-state index in [1.165, 1.54) is 11.3 Å². The summed E-state index contributed by atoms with van der Waals surface area (Å²) in [6.07, 6.45) is 2.73. The van der Waals surface area contributed by atoms with Crippen molar-refractivity contribution in [3.63, 3.8) is 0 Å². The molecular weight excluding hydrogens is 292 g/mol. The normalized spacial score (nSPS) is 17.0. The number of aromatic nitrogens is 1. The third-order valence-corrected chi connectivity index (χ3v) is 4.99. The maximum atomic E-state index is 11.1.